The summed E-state index contributed by atoms with van der Waals surface area (Å²) in [4.78, 5) is 26.3. The van der Waals surface area contributed by atoms with E-state index >= 15 is 0 Å². The second-order valence-corrected chi connectivity index (χ2v) is 8.18. The number of thiophene rings is 1. The summed E-state index contributed by atoms with van der Waals surface area (Å²) in [5.74, 6) is -1.24. The molecule has 1 aromatic rings. The molecule has 0 bridgehead atoms. The first kappa shape index (κ1) is 16.9. The molecule has 1 aliphatic rings. The predicted octanol–water partition coefficient (Wildman–Crippen LogP) is 0.529. The van der Waals surface area contributed by atoms with E-state index in [9.17, 15) is 18.0 Å². The molecule has 1 unspecified atom stereocenters. The number of amides is 1. The molecule has 0 aliphatic carbocycles. The van der Waals surface area contributed by atoms with Gasteiger partial charge in [-0.2, -0.15) is 0 Å². The number of carbonyl (C=O) groups is 2. The number of rotatable bonds is 6. The maximum atomic E-state index is 12.4. The van der Waals surface area contributed by atoms with Gasteiger partial charge in [-0.15, -0.1) is 11.3 Å². The number of likely N-dealkylation sites (tertiary alicyclic amines) is 1. The van der Waals surface area contributed by atoms with Crippen LogP contribution in [0.3, 0.4) is 0 Å². The fourth-order valence-electron chi connectivity index (χ4n) is 2.39. The third-order valence-electron chi connectivity index (χ3n) is 3.41. The fourth-order valence-corrected chi connectivity index (χ4v) is 3.83. The minimum absolute atomic E-state index is 0.266. The van der Waals surface area contributed by atoms with Crippen LogP contribution in [0.4, 0.5) is 0 Å². The summed E-state index contributed by atoms with van der Waals surface area (Å²) < 4.78 is 24.4. The standard InChI is InChI=1S/C13H18N2O5S2/c1-22(19,20)14-7-6-9-4-5-11(21-9)12(16)15-8-2-3-10(15)13(17)18/h4-5,10,14H,2-3,6-8H2,1H3,(H,17,18). The van der Waals surface area contributed by atoms with Gasteiger partial charge in [-0.05, 0) is 31.4 Å². The molecule has 9 heteroatoms. The molecule has 1 aliphatic heterocycles. The summed E-state index contributed by atoms with van der Waals surface area (Å²) >= 11 is 1.27. The molecule has 0 spiro atoms. The van der Waals surface area contributed by atoms with Crippen molar-refractivity contribution in [2.75, 3.05) is 19.3 Å². The van der Waals surface area contributed by atoms with Crippen molar-refractivity contribution < 1.29 is 23.1 Å². The van der Waals surface area contributed by atoms with Crippen LogP contribution >= 0.6 is 11.3 Å². The average Bonchev–Trinajstić information content (AvgIpc) is 3.05. The Bertz CT molecular complexity index is 668. The molecule has 2 N–H and O–H groups in total. The molecule has 1 fully saturated rings. The van der Waals surface area contributed by atoms with E-state index < -0.39 is 22.0 Å². The zero-order valence-corrected chi connectivity index (χ0v) is 13.7. The van der Waals surface area contributed by atoms with E-state index in [2.05, 4.69) is 4.72 Å². The second kappa shape index (κ2) is 6.76. The van der Waals surface area contributed by atoms with Crippen molar-refractivity contribution >= 4 is 33.2 Å². The Balaban J connectivity index is 1.98. The number of hydrogen-bond acceptors (Lipinski definition) is 5. The van der Waals surface area contributed by atoms with Crippen LogP contribution in [0.15, 0.2) is 12.1 Å². The summed E-state index contributed by atoms with van der Waals surface area (Å²) in [6, 6.07) is 2.69. The maximum Gasteiger partial charge on any atom is 0.326 e. The highest BCUT2D eigenvalue weighted by Crippen LogP contribution is 2.24. The summed E-state index contributed by atoms with van der Waals surface area (Å²) in [7, 11) is -3.22. The average molecular weight is 346 g/mol. The van der Waals surface area contributed by atoms with E-state index in [-0.39, 0.29) is 12.5 Å². The van der Waals surface area contributed by atoms with Gasteiger partial charge < -0.3 is 10.0 Å². The first-order chi connectivity index (χ1) is 10.3. The van der Waals surface area contributed by atoms with Crippen LogP contribution in [0.2, 0.25) is 0 Å². The molecule has 2 rings (SSSR count). The van der Waals surface area contributed by atoms with Crippen LogP contribution in [0.25, 0.3) is 0 Å². The highest BCUT2D eigenvalue weighted by atomic mass is 32.2. The number of carbonyl (C=O) groups excluding carboxylic acids is 1. The van der Waals surface area contributed by atoms with Gasteiger partial charge in [-0.25, -0.2) is 17.9 Å². The van der Waals surface area contributed by atoms with E-state index in [1.54, 1.807) is 12.1 Å². The van der Waals surface area contributed by atoms with Gasteiger partial charge in [0.1, 0.15) is 6.04 Å². The smallest absolute Gasteiger partial charge is 0.326 e. The molecule has 1 amide bonds. The van der Waals surface area contributed by atoms with E-state index in [0.717, 1.165) is 11.1 Å². The number of nitrogens with one attached hydrogen (secondary N) is 1. The quantitative estimate of drug-likeness (QED) is 0.782. The van der Waals surface area contributed by atoms with E-state index in [1.807, 2.05) is 0 Å². The van der Waals surface area contributed by atoms with Crippen molar-refractivity contribution in [2.45, 2.75) is 25.3 Å². The Labute approximate surface area is 133 Å². The SMILES string of the molecule is CS(=O)(=O)NCCc1ccc(C(=O)N2CCCC2C(=O)O)s1. The van der Waals surface area contributed by atoms with Gasteiger partial charge >= 0.3 is 5.97 Å². The highest BCUT2D eigenvalue weighted by molar-refractivity contribution is 7.88. The van der Waals surface area contributed by atoms with Crippen LogP contribution in [0.1, 0.15) is 27.4 Å². The van der Waals surface area contributed by atoms with Gasteiger partial charge in [0, 0.05) is 18.0 Å². The largest absolute Gasteiger partial charge is 0.480 e. The van der Waals surface area contributed by atoms with Gasteiger partial charge in [0.25, 0.3) is 5.91 Å². The minimum atomic E-state index is -3.22. The van der Waals surface area contributed by atoms with Gasteiger partial charge in [-0.1, -0.05) is 0 Å². The van der Waals surface area contributed by atoms with Crippen molar-refractivity contribution in [3.05, 3.63) is 21.9 Å². The molecule has 0 radical (unpaired) electrons. The molecule has 0 saturated carbocycles. The van der Waals surface area contributed by atoms with Gasteiger partial charge in [-0.3, -0.25) is 4.79 Å². The molecule has 22 heavy (non-hydrogen) atoms. The first-order valence-electron chi connectivity index (χ1n) is 6.85. The molecule has 7 nitrogen and oxygen atoms in total. The van der Waals surface area contributed by atoms with Crippen molar-refractivity contribution in [3.63, 3.8) is 0 Å². The van der Waals surface area contributed by atoms with E-state index in [0.29, 0.717) is 30.7 Å². The summed E-state index contributed by atoms with van der Waals surface area (Å²) in [5.41, 5.74) is 0. The third kappa shape index (κ3) is 4.28. The van der Waals surface area contributed by atoms with Crippen LogP contribution in [-0.4, -0.2) is 55.7 Å². The Kier molecular flexibility index (Phi) is 5.20. The Morgan fingerprint density at radius 1 is 1.45 bits per heavy atom. The number of nitrogens with zero attached hydrogens (tertiary/aromatic N) is 1. The number of sulfonamides is 1. The van der Waals surface area contributed by atoms with Crippen LogP contribution in [0.5, 0.6) is 0 Å². The molecule has 1 saturated heterocycles. The fraction of sp³-hybridized carbons (Fsp3) is 0.538. The predicted molar refractivity (Wildman–Crippen MR) is 82.6 cm³/mol. The van der Waals surface area contributed by atoms with Crippen molar-refractivity contribution in [1.82, 2.24) is 9.62 Å². The normalized spacial score (nSPS) is 18.6. The number of carboxylic acids is 1. The lowest BCUT2D eigenvalue weighted by Gasteiger charge is -2.20. The van der Waals surface area contributed by atoms with Crippen molar-refractivity contribution in [1.29, 1.82) is 0 Å². The van der Waals surface area contributed by atoms with Crippen LogP contribution in [0, 0.1) is 0 Å². The van der Waals surface area contributed by atoms with Gasteiger partial charge in [0.2, 0.25) is 10.0 Å². The topological polar surface area (TPSA) is 104 Å². The minimum Gasteiger partial charge on any atom is -0.480 e. The zero-order valence-electron chi connectivity index (χ0n) is 12.1. The lowest BCUT2D eigenvalue weighted by Crippen LogP contribution is -2.40. The monoisotopic (exact) mass is 346 g/mol. The van der Waals surface area contributed by atoms with Gasteiger partial charge in [0.05, 0.1) is 11.1 Å². The molecule has 122 valence electrons. The van der Waals surface area contributed by atoms with Crippen LogP contribution in [-0.2, 0) is 21.2 Å². The van der Waals surface area contributed by atoms with Crippen molar-refractivity contribution in [2.24, 2.45) is 0 Å². The lowest BCUT2D eigenvalue weighted by atomic mass is 10.2. The van der Waals surface area contributed by atoms with E-state index in [1.165, 1.54) is 16.2 Å². The molecular weight excluding hydrogens is 328 g/mol. The maximum absolute atomic E-state index is 12.4. The summed E-state index contributed by atoms with van der Waals surface area (Å²) in [6.07, 6.45) is 2.76. The number of carboxylic acid groups (broad SMARTS) is 1. The molecule has 1 aromatic heterocycles. The zero-order chi connectivity index (χ0) is 16.3. The Morgan fingerprint density at radius 3 is 2.82 bits per heavy atom. The van der Waals surface area contributed by atoms with Crippen LogP contribution < -0.4 is 4.72 Å². The highest BCUT2D eigenvalue weighted by Gasteiger charge is 2.34. The third-order valence-corrected chi connectivity index (χ3v) is 5.27. The van der Waals surface area contributed by atoms with E-state index in [4.69, 9.17) is 5.11 Å². The summed E-state index contributed by atoms with van der Waals surface area (Å²) in [6.45, 7) is 0.729. The Hall–Kier alpha value is -1.45. The summed E-state index contributed by atoms with van der Waals surface area (Å²) in [5, 5.41) is 9.12. The Morgan fingerprint density at radius 2 is 2.18 bits per heavy atom. The number of aliphatic carboxylic acids is 1. The molecule has 2 heterocycles. The second-order valence-electron chi connectivity index (χ2n) is 5.18. The lowest BCUT2D eigenvalue weighted by molar-refractivity contribution is -0.141. The molecule has 0 aromatic carbocycles. The molecular formula is C13H18N2O5S2. The number of hydrogen-bond donors (Lipinski definition) is 2. The van der Waals surface area contributed by atoms with Crippen molar-refractivity contribution in [3.8, 4) is 0 Å². The van der Waals surface area contributed by atoms with Gasteiger partial charge in [0.15, 0.2) is 0 Å². The molecule has 1 atom stereocenters. The first-order valence-corrected chi connectivity index (χ1v) is 9.56.